The molecule has 1 aromatic rings. The summed E-state index contributed by atoms with van der Waals surface area (Å²) >= 11 is 3.42. The van der Waals surface area contributed by atoms with Crippen LogP contribution in [0.3, 0.4) is 0 Å². The first-order chi connectivity index (χ1) is 8.25. The quantitative estimate of drug-likeness (QED) is 0.931. The maximum atomic E-state index is 11.9. The Bertz CT molecular complexity index is 389. The van der Waals surface area contributed by atoms with Crippen molar-refractivity contribution in [1.82, 2.24) is 5.32 Å². The topological polar surface area (TPSA) is 38.3 Å². The molecule has 0 saturated carbocycles. The van der Waals surface area contributed by atoms with Gasteiger partial charge in [-0.25, -0.2) is 0 Å². The summed E-state index contributed by atoms with van der Waals surface area (Å²) in [6.45, 7) is 2.00. The molecule has 1 fully saturated rings. The normalized spacial score (nSPS) is 16.8. The van der Waals surface area contributed by atoms with Crippen molar-refractivity contribution in [1.29, 1.82) is 0 Å². The lowest BCUT2D eigenvalue weighted by Gasteiger charge is -2.21. The van der Waals surface area contributed by atoms with E-state index in [1.807, 2.05) is 24.3 Å². The molecular formula is C13H16BrNO2. The summed E-state index contributed by atoms with van der Waals surface area (Å²) in [4.78, 5) is 11.9. The van der Waals surface area contributed by atoms with Gasteiger partial charge in [-0.15, -0.1) is 0 Å². The van der Waals surface area contributed by atoms with Crippen LogP contribution in [-0.2, 0) is 16.1 Å². The highest BCUT2D eigenvalue weighted by atomic mass is 79.9. The summed E-state index contributed by atoms with van der Waals surface area (Å²) < 4.78 is 6.28. The van der Waals surface area contributed by atoms with E-state index in [9.17, 15) is 4.79 Å². The minimum atomic E-state index is 0.121. The summed E-state index contributed by atoms with van der Waals surface area (Å²) in [5.74, 6) is 0.268. The highest BCUT2D eigenvalue weighted by molar-refractivity contribution is 9.10. The van der Waals surface area contributed by atoms with Crippen LogP contribution in [0.25, 0.3) is 0 Å². The van der Waals surface area contributed by atoms with Crippen molar-refractivity contribution >= 4 is 21.8 Å². The van der Waals surface area contributed by atoms with Crippen LogP contribution in [0.5, 0.6) is 0 Å². The lowest BCUT2D eigenvalue weighted by atomic mass is 9.99. The lowest BCUT2D eigenvalue weighted by Crippen LogP contribution is -2.33. The number of carbonyl (C=O) groups is 1. The number of amides is 1. The molecule has 1 N–H and O–H groups in total. The Morgan fingerprint density at radius 1 is 1.41 bits per heavy atom. The summed E-state index contributed by atoms with van der Waals surface area (Å²) in [6, 6.07) is 7.98. The molecule has 0 bridgehead atoms. The van der Waals surface area contributed by atoms with Gasteiger partial charge >= 0.3 is 0 Å². The largest absolute Gasteiger partial charge is 0.381 e. The molecule has 1 saturated heterocycles. The van der Waals surface area contributed by atoms with Gasteiger partial charge in [0, 0.05) is 30.1 Å². The van der Waals surface area contributed by atoms with Gasteiger partial charge in [0.05, 0.1) is 0 Å². The molecule has 1 aliphatic rings. The van der Waals surface area contributed by atoms with E-state index in [2.05, 4.69) is 21.2 Å². The third kappa shape index (κ3) is 3.82. The van der Waals surface area contributed by atoms with Gasteiger partial charge in [0.2, 0.25) is 5.91 Å². The molecule has 3 nitrogen and oxygen atoms in total. The summed E-state index contributed by atoms with van der Waals surface area (Å²) in [5.41, 5.74) is 1.11. The van der Waals surface area contributed by atoms with E-state index in [-0.39, 0.29) is 11.8 Å². The Labute approximate surface area is 110 Å². The lowest BCUT2D eigenvalue weighted by molar-refractivity contribution is -0.128. The number of nitrogens with one attached hydrogen (secondary N) is 1. The predicted octanol–water partition coefficient (Wildman–Crippen LogP) is 2.49. The number of carbonyl (C=O) groups excluding carboxylic acids is 1. The van der Waals surface area contributed by atoms with Crippen molar-refractivity contribution in [3.8, 4) is 0 Å². The van der Waals surface area contributed by atoms with Crippen LogP contribution < -0.4 is 5.32 Å². The van der Waals surface area contributed by atoms with E-state index in [0.717, 1.165) is 22.9 Å². The Kier molecular flexibility index (Phi) is 4.57. The molecule has 1 amide bonds. The van der Waals surface area contributed by atoms with Gasteiger partial charge in [0.1, 0.15) is 0 Å². The monoisotopic (exact) mass is 297 g/mol. The van der Waals surface area contributed by atoms with Gasteiger partial charge in [0.25, 0.3) is 0 Å². The SMILES string of the molecule is O=C(NCc1cccc(Br)c1)C1CCOCC1. The molecule has 2 rings (SSSR count). The Hall–Kier alpha value is -0.870. The first-order valence-corrected chi connectivity index (χ1v) is 6.65. The van der Waals surface area contributed by atoms with E-state index < -0.39 is 0 Å². The van der Waals surface area contributed by atoms with Crippen molar-refractivity contribution in [2.75, 3.05) is 13.2 Å². The van der Waals surface area contributed by atoms with E-state index in [0.29, 0.717) is 19.8 Å². The molecule has 0 spiro atoms. The fourth-order valence-corrected chi connectivity index (χ4v) is 2.39. The van der Waals surface area contributed by atoms with Crippen LogP contribution >= 0.6 is 15.9 Å². The zero-order valence-electron chi connectivity index (χ0n) is 9.62. The standard InChI is InChI=1S/C13H16BrNO2/c14-12-3-1-2-10(8-12)9-15-13(16)11-4-6-17-7-5-11/h1-3,8,11H,4-7,9H2,(H,15,16). The Morgan fingerprint density at radius 2 is 2.18 bits per heavy atom. The van der Waals surface area contributed by atoms with Crippen LogP contribution in [0.4, 0.5) is 0 Å². The number of hydrogen-bond donors (Lipinski definition) is 1. The number of ether oxygens (including phenoxy) is 1. The molecule has 1 aromatic carbocycles. The van der Waals surface area contributed by atoms with E-state index in [1.165, 1.54) is 0 Å². The van der Waals surface area contributed by atoms with Crippen LogP contribution in [0, 0.1) is 5.92 Å². The van der Waals surface area contributed by atoms with Crippen LogP contribution in [0.1, 0.15) is 18.4 Å². The van der Waals surface area contributed by atoms with Gasteiger partial charge in [-0.3, -0.25) is 4.79 Å². The van der Waals surface area contributed by atoms with Crippen molar-refractivity contribution in [3.63, 3.8) is 0 Å². The Balaban J connectivity index is 1.83. The van der Waals surface area contributed by atoms with Crippen LogP contribution in [-0.4, -0.2) is 19.1 Å². The van der Waals surface area contributed by atoms with Crippen molar-refractivity contribution in [3.05, 3.63) is 34.3 Å². The minimum Gasteiger partial charge on any atom is -0.381 e. The molecule has 17 heavy (non-hydrogen) atoms. The van der Waals surface area contributed by atoms with Crippen LogP contribution in [0.15, 0.2) is 28.7 Å². The first kappa shape index (κ1) is 12.6. The van der Waals surface area contributed by atoms with Crippen molar-refractivity contribution in [2.45, 2.75) is 19.4 Å². The summed E-state index contributed by atoms with van der Waals surface area (Å²) in [7, 11) is 0. The molecule has 0 aromatic heterocycles. The second kappa shape index (κ2) is 6.17. The van der Waals surface area contributed by atoms with Gasteiger partial charge in [-0.1, -0.05) is 28.1 Å². The van der Waals surface area contributed by atoms with E-state index in [1.54, 1.807) is 0 Å². The zero-order valence-corrected chi connectivity index (χ0v) is 11.2. The number of benzene rings is 1. The summed E-state index contributed by atoms with van der Waals surface area (Å²) in [5, 5.41) is 2.98. The molecular weight excluding hydrogens is 282 g/mol. The highest BCUT2D eigenvalue weighted by Gasteiger charge is 2.20. The average Bonchev–Trinajstić information content (AvgIpc) is 2.37. The first-order valence-electron chi connectivity index (χ1n) is 5.85. The third-order valence-electron chi connectivity index (χ3n) is 2.95. The summed E-state index contributed by atoms with van der Waals surface area (Å²) in [6.07, 6.45) is 1.68. The fourth-order valence-electron chi connectivity index (χ4n) is 1.94. The van der Waals surface area contributed by atoms with Gasteiger partial charge in [0.15, 0.2) is 0 Å². The Morgan fingerprint density at radius 3 is 2.88 bits per heavy atom. The van der Waals surface area contributed by atoms with E-state index in [4.69, 9.17) is 4.74 Å². The number of hydrogen-bond acceptors (Lipinski definition) is 2. The van der Waals surface area contributed by atoms with Gasteiger partial charge in [-0.2, -0.15) is 0 Å². The minimum absolute atomic E-state index is 0.121. The molecule has 0 unspecified atom stereocenters. The average molecular weight is 298 g/mol. The number of rotatable bonds is 3. The fraction of sp³-hybridized carbons (Fsp3) is 0.462. The number of halogens is 1. The molecule has 0 atom stereocenters. The van der Waals surface area contributed by atoms with Crippen LogP contribution in [0.2, 0.25) is 0 Å². The third-order valence-corrected chi connectivity index (χ3v) is 3.44. The van der Waals surface area contributed by atoms with Gasteiger partial charge < -0.3 is 10.1 Å². The molecule has 1 aliphatic heterocycles. The maximum absolute atomic E-state index is 11.9. The molecule has 0 aliphatic carbocycles. The van der Waals surface area contributed by atoms with Crippen molar-refractivity contribution < 1.29 is 9.53 Å². The smallest absolute Gasteiger partial charge is 0.223 e. The van der Waals surface area contributed by atoms with E-state index >= 15 is 0 Å². The zero-order chi connectivity index (χ0) is 12.1. The molecule has 4 heteroatoms. The molecule has 1 heterocycles. The highest BCUT2D eigenvalue weighted by Crippen LogP contribution is 2.15. The molecule has 0 radical (unpaired) electrons. The second-order valence-corrected chi connectivity index (χ2v) is 5.15. The van der Waals surface area contributed by atoms with Gasteiger partial charge in [-0.05, 0) is 30.5 Å². The maximum Gasteiger partial charge on any atom is 0.223 e. The molecule has 92 valence electrons. The van der Waals surface area contributed by atoms with Crippen molar-refractivity contribution in [2.24, 2.45) is 5.92 Å². The second-order valence-electron chi connectivity index (χ2n) is 4.23. The predicted molar refractivity (Wildman–Crippen MR) is 69.5 cm³/mol.